The molecule has 0 amide bonds. The number of aliphatic hydroxyl groups is 1. The molecule has 0 bridgehead atoms. The summed E-state index contributed by atoms with van der Waals surface area (Å²) in [6, 6.07) is 7.89. The van der Waals surface area contributed by atoms with Crippen molar-refractivity contribution in [2.45, 2.75) is 45.3 Å². The van der Waals surface area contributed by atoms with Crippen molar-refractivity contribution in [1.82, 2.24) is 14.7 Å². The molecule has 3 rings (SSSR count). The second-order valence-corrected chi connectivity index (χ2v) is 7.70. The van der Waals surface area contributed by atoms with Crippen LogP contribution in [0.5, 0.6) is 0 Å². The number of rotatable bonds is 5. The van der Waals surface area contributed by atoms with Crippen molar-refractivity contribution in [3.8, 4) is 0 Å². The summed E-state index contributed by atoms with van der Waals surface area (Å²) >= 11 is 5.96. The lowest BCUT2D eigenvalue weighted by Gasteiger charge is -2.39. The molecule has 136 valence electrons. The lowest BCUT2D eigenvalue weighted by molar-refractivity contribution is 0.0899. The van der Waals surface area contributed by atoms with Crippen LogP contribution in [0.4, 0.5) is 0 Å². The van der Waals surface area contributed by atoms with Gasteiger partial charge in [-0.3, -0.25) is 9.58 Å². The Morgan fingerprint density at radius 3 is 2.64 bits per heavy atom. The van der Waals surface area contributed by atoms with Gasteiger partial charge in [-0.15, -0.1) is 0 Å². The number of halogens is 1. The Morgan fingerprint density at radius 1 is 1.24 bits per heavy atom. The van der Waals surface area contributed by atoms with Crippen molar-refractivity contribution in [3.05, 3.63) is 51.8 Å². The third-order valence-corrected chi connectivity index (χ3v) is 5.41. The van der Waals surface area contributed by atoms with Gasteiger partial charge in [0.15, 0.2) is 0 Å². The highest BCUT2D eigenvalue weighted by molar-refractivity contribution is 6.30. The molecule has 2 aromatic rings. The third-order valence-electron chi connectivity index (χ3n) is 5.16. The molecule has 1 atom stereocenters. The number of aryl methyl sites for hydroxylation is 1. The van der Waals surface area contributed by atoms with Gasteiger partial charge in [0, 0.05) is 29.4 Å². The van der Waals surface area contributed by atoms with Gasteiger partial charge in [-0.1, -0.05) is 23.7 Å². The van der Waals surface area contributed by atoms with Gasteiger partial charge < -0.3 is 10.8 Å². The van der Waals surface area contributed by atoms with E-state index in [-0.39, 0.29) is 6.61 Å². The number of benzene rings is 1. The van der Waals surface area contributed by atoms with Crippen LogP contribution >= 0.6 is 11.6 Å². The van der Waals surface area contributed by atoms with Crippen molar-refractivity contribution in [1.29, 1.82) is 0 Å². The molecule has 5 nitrogen and oxygen atoms in total. The van der Waals surface area contributed by atoms with E-state index in [0.29, 0.717) is 0 Å². The molecule has 2 heterocycles. The molecule has 3 N–H and O–H groups in total. The van der Waals surface area contributed by atoms with Gasteiger partial charge in [0.05, 0.1) is 24.4 Å². The summed E-state index contributed by atoms with van der Waals surface area (Å²) in [5.41, 5.74) is 10.5. The quantitative estimate of drug-likeness (QED) is 0.857. The number of nitrogens with zero attached hydrogens (tertiary/aromatic N) is 3. The molecule has 6 heteroatoms. The van der Waals surface area contributed by atoms with Crippen LogP contribution in [-0.2, 0) is 13.1 Å². The molecule has 0 spiro atoms. The summed E-state index contributed by atoms with van der Waals surface area (Å²) in [6.45, 7) is 7.53. The fourth-order valence-corrected chi connectivity index (χ4v) is 3.75. The predicted molar refractivity (Wildman–Crippen MR) is 101 cm³/mol. The Morgan fingerprint density at radius 2 is 1.96 bits per heavy atom. The fourth-order valence-electron chi connectivity index (χ4n) is 3.63. The van der Waals surface area contributed by atoms with E-state index >= 15 is 0 Å². The van der Waals surface area contributed by atoms with Gasteiger partial charge in [-0.25, -0.2) is 0 Å². The molecule has 1 unspecified atom stereocenters. The van der Waals surface area contributed by atoms with Crippen LogP contribution in [0.2, 0.25) is 5.02 Å². The summed E-state index contributed by atoms with van der Waals surface area (Å²) in [6.07, 6.45) is 1.90. The number of aromatic nitrogens is 2. The van der Waals surface area contributed by atoms with Crippen LogP contribution < -0.4 is 5.73 Å². The second kappa shape index (κ2) is 7.46. The van der Waals surface area contributed by atoms with E-state index < -0.39 is 5.54 Å². The molecule has 0 aliphatic carbocycles. The zero-order valence-electron chi connectivity index (χ0n) is 15.0. The molecule has 1 saturated heterocycles. The summed E-state index contributed by atoms with van der Waals surface area (Å²) in [4.78, 5) is 2.34. The topological polar surface area (TPSA) is 67.3 Å². The van der Waals surface area contributed by atoms with Crippen molar-refractivity contribution >= 4 is 11.6 Å². The molecule has 1 aromatic carbocycles. The van der Waals surface area contributed by atoms with Gasteiger partial charge >= 0.3 is 0 Å². The lowest BCUT2D eigenvalue weighted by Crippen LogP contribution is -2.56. The van der Waals surface area contributed by atoms with Gasteiger partial charge in [0.2, 0.25) is 0 Å². The van der Waals surface area contributed by atoms with E-state index in [1.54, 1.807) is 0 Å². The van der Waals surface area contributed by atoms with Gasteiger partial charge in [-0.2, -0.15) is 5.10 Å². The summed E-state index contributed by atoms with van der Waals surface area (Å²) in [7, 11) is 0. The lowest BCUT2D eigenvalue weighted by atomic mass is 9.91. The van der Waals surface area contributed by atoms with Crippen LogP contribution in [0, 0.1) is 13.8 Å². The minimum absolute atomic E-state index is 0.0390. The monoisotopic (exact) mass is 362 g/mol. The standard InChI is InChI=1S/C19H27ClN4O/c1-14-18(11-23-9-3-8-19(21,12-23)13-25)15(2)24(22-14)10-16-4-6-17(20)7-5-16/h4-7,25H,3,8-13,21H2,1-2H3. The number of likely N-dealkylation sites (tertiary alicyclic amines) is 1. The van der Waals surface area contributed by atoms with E-state index in [9.17, 15) is 5.11 Å². The molecule has 1 aliphatic rings. The molecule has 1 aliphatic heterocycles. The number of hydrogen-bond donors (Lipinski definition) is 2. The Hall–Kier alpha value is -1.40. The maximum absolute atomic E-state index is 9.55. The maximum atomic E-state index is 9.55. The fraction of sp³-hybridized carbons (Fsp3) is 0.526. The van der Waals surface area contributed by atoms with Gasteiger partial charge in [-0.05, 0) is 50.9 Å². The molecular formula is C19H27ClN4O. The van der Waals surface area contributed by atoms with Crippen molar-refractivity contribution in [3.63, 3.8) is 0 Å². The first kappa shape index (κ1) is 18.4. The SMILES string of the molecule is Cc1nn(Cc2ccc(Cl)cc2)c(C)c1CN1CCCC(N)(CO)C1. The van der Waals surface area contributed by atoms with Crippen molar-refractivity contribution in [2.24, 2.45) is 5.73 Å². The maximum Gasteiger partial charge on any atom is 0.0662 e. The Kier molecular flexibility index (Phi) is 5.49. The Labute approximate surface area is 154 Å². The molecule has 1 aromatic heterocycles. The first-order valence-corrected chi connectivity index (χ1v) is 9.17. The first-order valence-electron chi connectivity index (χ1n) is 8.80. The second-order valence-electron chi connectivity index (χ2n) is 7.27. The molecular weight excluding hydrogens is 336 g/mol. The van der Waals surface area contributed by atoms with E-state index in [4.69, 9.17) is 22.4 Å². The minimum atomic E-state index is -0.473. The van der Waals surface area contributed by atoms with E-state index in [2.05, 4.69) is 23.4 Å². The smallest absolute Gasteiger partial charge is 0.0662 e. The van der Waals surface area contributed by atoms with E-state index in [1.807, 2.05) is 24.3 Å². The normalized spacial score (nSPS) is 21.6. The number of nitrogens with two attached hydrogens (primary N) is 1. The number of aliphatic hydroxyl groups excluding tert-OH is 1. The Balaban J connectivity index is 1.74. The van der Waals surface area contributed by atoms with Crippen LogP contribution in [0.3, 0.4) is 0 Å². The Bertz CT molecular complexity index is 728. The van der Waals surface area contributed by atoms with Crippen LogP contribution in [0.25, 0.3) is 0 Å². The molecule has 0 saturated carbocycles. The molecule has 1 fully saturated rings. The zero-order chi connectivity index (χ0) is 18.0. The first-order chi connectivity index (χ1) is 11.9. The average molecular weight is 363 g/mol. The highest BCUT2D eigenvalue weighted by Gasteiger charge is 2.31. The largest absolute Gasteiger partial charge is 0.394 e. The number of hydrogen-bond acceptors (Lipinski definition) is 4. The van der Waals surface area contributed by atoms with Gasteiger partial charge in [0.1, 0.15) is 0 Å². The van der Waals surface area contributed by atoms with Crippen LogP contribution in [0.15, 0.2) is 24.3 Å². The van der Waals surface area contributed by atoms with Crippen LogP contribution in [0.1, 0.15) is 35.4 Å². The number of piperidine rings is 1. The average Bonchev–Trinajstić information content (AvgIpc) is 2.85. The van der Waals surface area contributed by atoms with E-state index in [1.165, 1.54) is 16.8 Å². The predicted octanol–water partition coefficient (Wildman–Crippen LogP) is 2.49. The molecule has 25 heavy (non-hydrogen) atoms. The van der Waals surface area contributed by atoms with Crippen molar-refractivity contribution in [2.75, 3.05) is 19.7 Å². The molecule has 0 radical (unpaired) electrons. The highest BCUT2D eigenvalue weighted by atomic mass is 35.5. The summed E-state index contributed by atoms with van der Waals surface area (Å²) in [5.74, 6) is 0. The van der Waals surface area contributed by atoms with Crippen molar-refractivity contribution < 1.29 is 5.11 Å². The minimum Gasteiger partial charge on any atom is -0.394 e. The van der Waals surface area contributed by atoms with Crippen LogP contribution in [-0.4, -0.2) is 45.0 Å². The highest BCUT2D eigenvalue weighted by Crippen LogP contribution is 2.23. The van der Waals surface area contributed by atoms with Gasteiger partial charge in [0.25, 0.3) is 0 Å². The zero-order valence-corrected chi connectivity index (χ0v) is 15.8. The summed E-state index contributed by atoms with van der Waals surface area (Å²) < 4.78 is 2.06. The van der Waals surface area contributed by atoms with E-state index in [0.717, 1.165) is 49.7 Å². The third kappa shape index (κ3) is 4.23. The summed E-state index contributed by atoms with van der Waals surface area (Å²) in [5, 5.41) is 15.0.